The number of carboxylic acid groups (broad SMARTS) is 1. The number of hydrogen-bond donors (Lipinski definition) is 3. The number of nitrogens with one attached hydrogen (secondary N) is 1. The van der Waals surface area contributed by atoms with Gasteiger partial charge in [-0.1, -0.05) is 6.92 Å². The van der Waals surface area contributed by atoms with Crippen molar-refractivity contribution in [2.45, 2.75) is 38.8 Å². The number of aliphatic hydroxyl groups is 1. The van der Waals surface area contributed by atoms with E-state index in [1.165, 1.54) is 11.9 Å². The molecule has 94 valence electrons. The molecule has 16 heavy (non-hydrogen) atoms. The van der Waals surface area contributed by atoms with Crippen molar-refractivity contribution in [2.24, 2.45) is 0 Å². The predicted molar refractivity (Wildman–Crippen MR) is 59.2 cm³/mol. The van der Waals surface area contributed by atoms with Crippen molar-refractivity contribution in [2.75, 3.05) is 13.6 Å². The van der Waals surface area contributed by atoms with Crippen LogP contribution in [-0.4, -0.2) is 52.3 Å². The summed E-state index contributed by atoms with van der Waals surface area (Å²) in [6.45, 7) is 4.96. The van der Waals surface area contributed by atoms with Crippen LogP contribution < -0.4 is 5.32 Å². The molecule has 1 atom stereocenters. The van der Waals surface area contributed by atoms with Gasteiger partial charge in [-0.15, -0.1) is 0 Å². The summed E-state index contributed by atoms with van der Waals surface area (Å²) in [5.41, 5.74) is -1.00. The lowest BCUT2D eigenvalue weighted by atomic mass is 10.1. The number of carbonyl (C=O) groups excluding carboxylic acids is 1. The number of aliphatic carboxylic acids is 1. The van der Waals surface area contributed by atoms with Crippen LogP contribution in [0.5, 0.6) is 0 Å². The number of likely N-dealkylation sites (N-methyl/N-ethyl adjacent to an activating group) is 1. The van der Waals surface area contributed by atoms with Crippen molar-refractivity contribution >= 4 is 12.0 Å². The van der Waals surface area contributed by atoms with E-state index in [4.69, 9.17) is 5.11 Å². The van der Waals surface area contributed by atoms with Crippen molar-refractivity contribution in [3.05, 3.63) is 0 Å². The summed E-state index contributed by atoms with van der Waals surface area (Å²) < 4.78 is 0. The Kier molecular flexibility index (Phi) is 5.23. The highest BCUT2D eigenvalue weighted by Crippen LogP contribution is 2.03. The van der Waals surface area contributed by atoms with Crippen molar-refractivity contribution in [1.29, 1.82) is 0 Å². The topological polar surface area (TPSA) is 89.9 Å². The van der Waals surface area contributed by atoms with Crippen LogP contribution >= 0.6 is 0 Å². The number of carboxylic acids is 1. The lowest BCUT2D eigenvalue weighted by molar-refractivity contribution is -0.139. The molecule has 0 saturated carbocycles. The minimum Gasteiger partial charge on any atom is -0.480 e. The van der Waals surface area contributed by atoms with E-state index in [0.29, 0.717) is 6.42 Å². The van der Waals surface area contributed by atoms with Gasteiger partial charge >= 0.3 is 12.0 Å². The Bertz CT molecular complexity index is 260. The second-order valence-electron chi connectivity index (χ2n) is 4.42. The summed E-state index contributed by atoms with van der Waals surface area (Å²) in [5, 5.41) is 20.6. The van der Waals surface area contributed by atoms with Gasteiger partial charge < -0.3 is 20.4 Å². The zero-order valence-electron chi connectivity index (χ0n) is 10.1. The molecule has 0 rings (SSSR count). The number of amides is 2. The number of carbonyl (C=O) groups is 2. The van der Waals surface area contributed by atoms with Gasteiger partial charge in [0.2, 0.25) is 0 Å². The molecule has 6 nitrogen and oxygen atoms in total. The molecule has 0 aromatic carbocycles. The highest BCUT2D eigenvalue weighted by atomic mass is 16.4. The van der Waals surface area contributed by atoms with Crippen LogP contribution in [0.3, 0.4) is 0 Å². The van der Waals surface area contributed by atoms with Gasteiger partial charge in [-0.3, -0.25) is 0 Å². The summed E-state index contributed by atoms with van der Waals surface area (Å²) in [6.07, 6.45) is 0.317. The lowest BCUT2D eigenvalue weighted by Crippen LogP contribution is -2.49. The van der Waals surface area contributed by atoms with E-state index < -0.39 is 23.6 Å². The standard InChI is InChI=1S/C10H20N2O4/c1-5-7(8(13)14)11-9(15)12(4)6-10(2,3)16/h7,16H,5-6H2,1-4H3,(H,11,15)(H,13,14)/t7-/m0/s1. The van der Waals surface area contributed by atoms with Crippen LogP contribution in [0.25, 0.3) is 0 Å². The molecule has 0 radical (unpaired) electrons. The van der Waals surface area contributed by atoms with Crippen LogP contribution in [0, 0.1) is 0 Å². The molecular formula is C10H20N2O4. The third-order valence-electron chi connectivity index (χ3n) is 1.97. The Morgan fingerprint density at radius 2 is 1.94 bits per heavy atom. The van der Waals surface area contributed by atoms with E-state index in [1.54, 1.807) is 20.8 Å². The molecule has 3 N–H and O–H groups in total. The first kappa shape index (κ1) is 14.7. The van der Waals surface area contributed by atoms with E-state index in [1.807, 2.05) is 0 Å². The molecule has 0 saturated heterocycles. The van der Waals surface area contributed by atoms with Crippen molar-refractivity contribution in [3.63, 3.8) is 0 Å². The zero-order valence-corrected chi connectivity index (χ0v) is 10.1. The van der Waals surface area contributed by atoms with E-state index >= 15 is 0 Å². The summed E-state index contributed by atoms with van der Waals surface area (Å²) in [5.74, 6) is -1.06. The predicted octanol–water partition coefficient (Wildman–Crippen LogP) is 0.262. The lowest BCUT2D eigenvalue weighted by Gasteiger charge is -2.26. The van der Waals surface area contributed by atoms with Gasteiger partial charge in [0.1, 0.15) is 6.04 Å². The summed E-state index contributed by atoms with van der Waals surface area (Å²) in [4.78, 5) is 23.5. The summed E-state index contributed by atoms with van der Waals surface area (Å²) in [7, 11) is 1.50. The van der Waals surface area contributed by atoms with Crippen molar-refractivity contribution in [3.8, 4) is 0 Å². The summed E-state index contributed by atoms with van der Waals surface area (Å²) >= 11 is 0. The molecule has 0 aliphatic rings. The Morgan fingerprint density at radius 3 is 2.25 bits per heavy atom. The molecule has 0 aliphatic carbocycles. The summed E-state index contributed by atoms with van der Waals surface area (Å²) in [6, 6.07) is -1.40. The van der Waals surface area contributed by atoms with Gasteiger partial charge in [-0.25, -0.2) is 9.59 Å². The van der Waals surface area contributed by atoms with E-state index in [2.05, 4.69) is 5.32 Å². The number of nitrogens with zero attached hydrogens (tertiary/aromatic N) is 1. The Morgan fingerprint density at radius 1 is 1.44 bits per heavy atom. The zero-order chi connectivity index (χ0) is 12.9. The highest BCUT2D eigenvalue weighted by Gasteiger charge is 2.23. The largest absolute Gasteiger partial charge is 0.480 e. The van der Waals surface area contributed by atoms with Gasteiger partial charge in [-0.2, -0.15) is 0 Å². The third-order valence-corrected chi connectivity index (χ3v) is 1.97. The first-order valence-corrected chi connectivity index (χ1v) is 5.14. The molecule has 2 amide bonds. The second-order valence-corrected chi connectivity index (χ2v) is 4.42. The van der Waals surface area contributed by atoms with Crippen LogP contribution in [0.2, 0.25) is 0 Å². The normalized spacial score (nSPS) is 13.1. The molecule has 0 spiro atoms. The second kappa shape index (κ2) is 5.69. The molecule has 0 aromatic rings. The van der Waals surface area contributed by atoms with Gasteiger partial charge in [0, 0.05) is 7.05 Å². The molecular weight excluding hydrogens is 212 g/mol. The van der Waals surface area contributed by atoms with E-state index in [-0.39, 0.29) is 6.54 Å². The molecule has 0 aromatic heterocycles. The minimum absolute atomic E-state index is 0.134. The molecule has 0 bridgehead atoms. The molecule has 0 fully saturated rings. The Labute approximate surface area is 95.2 Å². The van der Waals surface area contributed by atoms with E-state index in [9.17, 15) is 14.7 Å². The fourth-order valence-electron chi connectivity index (χ4n) is 1.25. The van der Waals surface area contributed by atoms with Crippen LogP contribution in [0.1, 0.15) is 27.2 Å². The average Bonchev–Trinajstić information content (AvgIpc) is 2.10. The number of rotatable bonds is 5. The Hall–Kier alpha value is -1.30. The van der Waals surface area contributed by atoms with E-state index in [0.717, 1.165) is 0 Å². The Balaban J connectivity index is 4.29. The van der Waals surface area contributed by atoms with Crippen molar-refractivity contribution in [1.82, 2.24) is 10.2 Å². The molecule has 0 aliphatic heterocycles. The fraction of sp³-hybridized carbons (Fsp3) is 0.800. The monoisotopic (exact) mass is 232 g/mol. The minimum atomic E-state index is -1.06. The first-order chi connectivity index (χ1) is 7.17. The van der Waals surface area contributed by atoms with Crippen LogP contribution in [0.15, 0.2) is 0 Å². The van der Waals surface area contributed by atoms with Gasteiger partial charge in [-0.05, 0) is 20.3 Å². The smallest absolute Gasteiger partial charge is 0.326 e. The maximum Gasteiger partial charge on any atom is 0.326 e. The van der Waals surface area contributed by atoms with Gasteiger partial charge in [0.25, 0.3) is 0 Å². The maximum absolute atomic E-state index is 11.5. The molecule has 0 heterocycles. The van der Waals surface area contributed by atoms with Gasteiger partial charge in [0.15, 0.2) is 0 Å². The van der Waals surface area contributed by atoms with Crippen LogP contribution in [-0.2, 0) is 4.79 Å². The number of urea groups is 1. The number of hydrogen-bond acceptors (Lipinski definition) is 3. The molecule has 0 unspecified atom stereocenters. The van der Waals surface area contributed by atoms with Crippen LogP contribution in [0.4, 0.5) is 4.79 Å². The van der Waals surface area contributed by atoms with Crippen molar-refractivity contribution < 1.29 is 19.8 Å². The maximum atomic E-state index is 11.5. The van der Waals surface area contributed by atoms with Gasteiger partial charge in [0.05, 0.1) is 12.1 Å². The quantitative estimate of drug-likeness (QED) is 0.634. The average molecular weight is 232 g/mol. The SMILES string of the molecule is CC[C@H](NC(=O)N(C)CC(C)(C)O)C(=O)O. The highest BCUT2D eigenvalue weighted by molar-refractivity contribution is 5.82. The molecule has 6 heteroatoms. The first-order valence-electron chi connectivity index (χ1n) is 5.14. The fourth-order valence-corrected chi connectivity index (χ4v) is 1.25. The third kappa shape index (κ3) is 5.55.